The van der Waals surface area contributed by atoms with Crippen molar-refractivity contribution in [1.82, 2.24) is 9.88 Å². The van der Waals surface area contributed by atoms with Gasteiger partial charge in [0.2, 0.25) is 6.79 Å². The van der Waals surface area contributed by atoms with Crippen LogP contribution in [-0.2, 0) is 0 Å². The van der Waals surface area contributed by atoms with Crippen LogP contribution >= 0.6 is 11.3 Å². The minimum atomic E-state index is -0.0643. The fraction of sp³-hybridized carbons (Fsp3) is 0.200. The van der Waals surface area contributed by atoms with E-state index in [-0.39, 0.29) is 12.7 Å². The van der Waals surface area contributed by atoms with Crippen molar-refractivity contribution in [1.29, 1.82) is 0 Å². The van der Waals surface area contributed by atoms with Crippen LogP contribution < -0.4 is 14.4 Å². The first-order valence-corrected chi connectivity index (χ1v) is 11.2. The van der Waals surface area contributed by atoms with E-state index in [0.29, 0.717) is 23.0 Å². The van der Waals surface area contributed by atoms with Gasteiger partial charge in [-0.15, -0.1) is 0 Å². The van der Waals surface area contributed by atoms with Gasteiger partial charge in [-0.05, 0) is 37.4 Å². The SMILES string of the molecule is CN(C)CCN(C(=O)c1ccc(-c2ccccc2)cc1)c1nc2cc3c(cc2s1)OCO3. The van der Waals surface area contributed by atoms with Gasteiger partial charge in [-0.3, -0.25) is 9.69 Å². The van der Waals surface area contributed by atoms with Crippen LogP contribution in [0.1, 0.15) is 10.4 Å². The van der Waals surface area contributed by atoms with Crippen LogP contribution in [-0.4, -0.2) is 49.8 Å². The highest BCUT2D eigenvalue weighted by molar-refractivity contribution is 7.22. The van der Waals surface area contributed by atoms with Crippen LogP contribution in [0, 0.1) is 0 Å². The molecule has 0 unspecified atom stereocenters. The second-order valence-electron chi connectivity index (χ2n) is 7.87. The lowest BCUT2D eigenvalue weighted by molar-refractivity contribution is 0.0985. The summed E-state index contributed by atoms with van der Waals surface area (Å²) in [5.74, 6) is 1.35. The smallest absolute Gasteiger partial charge is 0.260 e. The van der Waals surface area contributed by atoms with Gasteiger partial charge in [0, 0.05) is 30.8 Å². The molecule has 0 atom stereocenters. The molecule has 1 aromatic heterocycles. The molecule has 0 aliphatic carbocycles. The molecule has 3 aromatic carbocycles. The average Bonchev–Trinajstić information content (AvgIpc) is 3.43. The van der Waals surface area contributed by atoms with Crippen molar-refractivity contribution in [2.75, 3.05) is 38.9 Å². The number of nitrogens with zero attached hydrogens (tertiary/aromatic N) is 3. The number of thiazole rings is 1. The maximum absolute atomic E-state index is 13.5. The van der Waals surface area contributed by atoms with Crippen molar-refractivity contribution >= 4 is 32.6 Å². The molecule has 0 bridgehead atoms. The van der Waals surface area contributed by atoms with Gasteiger partial charge in [-0.1, -0.05) is 53.8 Å². The van der Waals surface area contributed by atoms with Crippen molar-refractivity contribution in [2.45, 2.75) is 0 Å². The van der Waals surface area contributed by atoms with Crippen LogP contribution in [0.4, 0.5) is 5.13 Å². The molecule has 1 aliphatic heterocycles. The van der Waals surface area contributed by atoms with E-state index in [2.05, 4.69) is 17.0 Å². The average molecular weight is 446 g/mol. The third-order valence-corrected chi connectivity index (χ3v) is 6.40. The van der Waals surface area contributed by atoms with Gasteiger partial charge in [0.25, 0.3) is 5.91 Å². The van der Waals surface area contributed by atoms with E-state index in [1.54, 1.807) is 4.90 Å². The first-order valence-electron chi connectivity index (χ1n) is 10.4. The summed E-state index contributed by atoms with van der Waals surface area (Å²) in [5, 5.41) is 0.669. The molecular weight excluding hydrogens is 422 g/mol. The lowest BCUT2D eigenvalue weighted by atomic mass is 10.0. The van der Waals surface area contributed by atoms with Gasteiger partial charge in [-0.2, -0.15) is 0 Å². The highest BCUT2D eigenvalue weighted by Crippen LogP contribution is 2.40. The molecule has 0 saturated heterocycles. The number of rotatable bonds is 6. The number of amides is 1. The maximum Gasteiger partial charge on any atom is 0.260 e. The Morgan fingerprint density at radius 2 is 1.62 bits per heavy atom. The lowest BCUT2D eigenvalue weighted by Gasteiger charge is -2.22. The van der Waals surface area contributed by atoms with E-state index < -0.39 is 0 Å². The summed E-state index contributed by atoms with van der Waals surface area (Å²) >= 11 is 1.49. The van der Waals surface area contributed by atoms with Crippen molar-refractivity contribution < 1.29 is 14.3 Å². The quantitative estimate of drug-likeness (QED) is 0.423. The topological polar surface area (TPSA) is 54.9 Å². The van der Waals surface area contributed by atoms with Crippen LogP contribution in [0.5, 0.6) is 11.5 Å². The zero-order valence-corrected chi connectivity index (χ0v) is 18.8. The second kappa shape index (κ2) is 8.61. The Hall–Kier alpha value is -3.42. The predicted octanol–water partition coefficient (Wildman–Crippen LogP) is 4.90. The Morgan fingerprint density at radius 1 is 0.938 bits per heavy atom. The van der Waals surface area contributed by atoms with Crippen LogP contribution in [0.3, 0.4) is 0 Å². The molecule has 0 fully saturated rings. The Kier molecular flexibility index (Phi) is 5.51. The molecule has 7 heteroatoms. The van der Waals surface area contributed by atoms with Gasteiger partial charge < -0.3 is 14.4 Å². The fourth-order valence-electron chi connectivity index (χ4n) is 3.60. The summed E-state index contributed by atoms with van der Waals surface area (Å²) in [4.78, 5) is 22.1. The molecule has 0 radical (unpaired) electrons. The number of hydrogen-bond donors (Lipinski definition) is 0. The Bertz CT molecular complexity index is 1210. The van der Waals surface area contributed by atoms with Crippen molar-refractivity contribution in [3.63, 3.8) is 0 Å². The largest absolute Gasteiger partial charge is 0.454 e. The third kappa shape index (κ3) is 4.04. The first-order chi connectivity index (χ1) is 15.6. The third-order valence-electron chi connectivity index (χ3n) is 5.36. The molecule has 1 amide bonds. The number of fused-ring (bicyclic) bond motifs is 2. The molecule has 32 heavy (non-hydrogen) atoms. The number of aromatic nitrogens is 1. The Morgan fingerprint density at radius 3 is 2.34 bits per heavy atom. The highest BCUT2D eigenvalue weighted by Gasteiger charge is 2.23. The monoisotopic (exact) mass is 445 g/mol. The van der Waals surface area contributed by atoms with Crippen molar-refractivity contribution in [3.8, 4) is 22.6 Å². The number of anilines is 1. The first kappa shape index (κ1) is 20.5. The van der Waals surface area contributed by atoms with Gasteiger partial charge in [0.15, 0.2) is 16.6 Å². The molecule has 1 aliphatic rings. The van der Waals surface area contributed by atoms with E-state index in [0.717, 1.165) is 33.6 Å². The van der Waals surface area contributed by atoms with Crippen LogP contribution in [0.15, 0.2) is 66.7 Å². The standard InChI is InChI=1S/C25H23N3O3S/c1-27(2)12-13-28(25-26-20-14-21-22(31-16-30-21)15-23(20)32-25)24(29)19-10-8-18(9-11-19)17-6-4-3-5-7-17/h3-11,14-15H,12-13,16H2,1-2H3. The summed E-state index contributed by atoms with van der Waals surface area (Å²) in [5.41, 5.74) is 3.64. The van der Waals surface area contributed by atoms with Gasteiger partial charge in [-0.25, -0.2) is 4.98 Å². The second-order valence-corrected chi connectivity index (χ2v) is 8.88. The van der Waals surface area contributed by atoms with Gasteiger partial charge >= 0.3 is 0 Å². The molecule has 5 rings (SSSR count). The number of carbonyl (C=O) groups is 1. The normalized spacial score (nSPS) is 12.5. The van der Waals surface area contributed by atoms with E-state index in [4.69, 9.17) is 14.5 Å². The van der Waals surface area contributed by atoms with Crippen molar-refractivity contribution in [3.05, 3.63) is 72.3 Å². The molecule has 6 nitrogen and oxygen atoms in total. The molecule has 162 valence electrons. The Balaban J connectivity index is 1.46. The number of hydrogen-bond acceptors (Lipinski definition) is 6. The molecule has 0 N–H and O–H groups in total. The molecular formula is C25H23N3O3S. The number of carbonyl (C=O) groups excluding carboxylic acids is 1. The van der Waals surface area contributed by atoms with Crippen LogP contribution in [0.2, 0.25) is 0 Å². The minimum absolute atomic E-state index is 0.0643. The lowest BCUT2D eigenvalue weighted by Crippen LogP contribution is -2.36. The van der Waals surface area contributed by atoms with E-state index in [9.17, 15) is 4.79 Å². The van der Waals surface area contributed by atoms with E-state index in [1.807, 2.05) is 68.7 Å². The minimum Gasteiger partial charge on any atom is -0.454 e. The van der Waals surface area contributed by atoms with Crippen molar-refractivity contribution in [2.24, 2.45) is 0 Å². The van der Waals surface area contributed by atoms with Gasteiger partial charge in [0.1, 0.15) is 0 Å². The number of likely N-dealkylation sites (N-methyl/N-ethyl adjacent to an activating group) is 1. The molecule has 0 saturated carbocycles. The molecule has 2 heterocycles. The Labute approximate surface area is 190 Å². The highest BCUT2D eigenvalue weighted by atomic mass is 32.1. The van der Waals surface area contributed by atoms with Gasteiger partial charge in [0.05, 0.1) is 10.2 Å². The summed E-state index contributed by atoms with van der Waals surface area (Å²) in [6.45, 7) is 1.50. The fourth-order valence-corrected chi connectivity index (χ4v) is 4.60. The molecule has 4 aromatic rings. The van der Waals surface area contributed by atoms with E-state index in [1.165, 1.54) is 11.3 Å². The maximum atomic E-state index is 13.5. The molecule has 0 spiro atoms. The summed E-state index contributed by atoms with van der Waals surface area (Å²) in [6, 6.07) is 21.7. The van der Waals surface area contributed by atoms with E-state index >= 15 is 0 Å². The number of ether oxygens (including phenoxy) is 2. The number of benzene rings is 3. The predicted molar refractivity (Wildman–Crippen MR) is 128 cm³/mol. The zero-order valence-electron chi connectivity index (χ0n) is 17.9. The summed E-state index contributed by atoms with van der Waals surface area (Å²) in [6.07, 6.45) is 0. The van der Waals surface area contributed by atoms with Crippen LogP contribution in [0.25, 0.3) is 21.3 Å². The summed E-state index contributed by atoms with van der Waals surface area (Å²) < 4.78 is 11.9. The summed E-state index contributed by atoms with van der Waals surface area (Å²) in [7, 11) is 3.99. The zero-order chi connectivity index (χ0) is 22.1.